The fraction of sp³-hybridized carbons (Fsp3) is 0.417. The van der Waals surface area contributed by atoms with Gasteiger partial charge in [-0.15, -0.1) is 0 Å². The summed E-state index contributed by atoms with van der Waals surface area (Å²) in [5.41, 5.74) is 0.164. The van der Waals surface area contributed by atoms with E-state index in [2.05, 4.69) is 15.9 Å². The molecule has 5 heteroatoms. The lowest BCUT2D eigenvalue weighted by Gasteiger charge is -2.10. The van der Waals surface area contributed by atoms with E-state index < -0.39 is 5.97 Å². The first-order chi connectivity index (χ1) is 8.16. The molecule has 0 radical (unpaired) electrons. The van der Waals surface area contributed by atoms with Gasteiger partial charge >= 0.3 is 5.97 Å². The number of hydrogen-bond donors (Lipinski definition) is 1. The summed E-state index contributed by atoms with van der Waals surface area (Å²) in [5.74, 6) is -0.607. The minimum Gasteiger partial charge on any atom is -0.507 e. The highest BCUT2D eigenvalue weighted by atomic mass is 79.9. The maximum absolute atomic E-state index is 11.7. The first-order valence-corrected chi connectivity index (χ1v) is 6.23. The Labute approximate surface area is 108 Å². The van der Waals surface area contributed by atoms with E-state index in [0.717, 1.165) is 23.9 Å². The van der Waals surface area contributed by atoms with E-state index in [1.165, 1.54) is 12.1 Å². The minimum absolute atomic E-state index is 0.00625. The van der Waals surface area contributed by atoms with Crippen molar-refractivity contribution >= 4 is 21.9 Å². The fourth-order valence-corrected chi connectivity index (χ4v) is 2.06. The number of aromatic hydroxyl groups is 1. The zero-order valence-corrected chi connectivity index (χ0v) is 10.8. The molecule has 1 aromatic rings. The summed E-state index contributed by atoms with van der Waals surface area (Å²) in [5, 5.41) is 9.54. The molecule has 1 fully saturated rings. The van der Waals surface area contributed by atoms with Crippen LogP contribution in [-0.2, 0) is 9.47 Å². The number of hydrogen-bond acceptors (Lipinski definition) is 4. The Morgan fingerprint density at radius 1 is 1.59 bits per heavy atom. The number of carbonyl (C=O) groups excluding carboxylic acids is 1. The number of ether oxygens (including phenoxy) is 2. The quantitative estimate of drug-likeness (QED) is 0.872. The third-order valence-electron chi connectivity index (χ3n) is 2.60. The lowest BCUT2D eigenvalue weighted by molar-refractivity contribution is 0.0159. The van der Waals surface area contributed by atoms with E-state index in [4.69, 9.17) is 9.47 Å². The topological polar surface area (TPSA) is 55.8 Å². The fourth-order valence-electron chi connectivity index (χ4n) is 1.69. The monoisotopic (exact) mass is 300 g/mol. The Morgan fingerprint density at radius 3 is 3.12 bits per heavy atom. The van der Waals surface area contributed by atoms with Gasteiger partial charge in [0.25, 0.3) is 0 Å². The molecule has 0 bridgehead atoms. The highest BCUT2D eigenvalue weighted by molar-refractivity contribution is 9.10. The number of rotatable bonds is 3. The zero-order valence-electron chi connectivity index (χ0n) is 9.19. The molecular formula is C12H13BrO4. The van der Waals surface area contributed by atoms with Gasteiger partial charge in [-0.1, -0.05) is 15.9 Å². The van der Waals surface area contributed by atoms with Crippen LogP contribution in [0.2, 0.25) is 0 Å². The first-order valence-electron chi connectivity index (χ1n) is 5.44. The average Bonchev–Trinajstić information content (AvgIpc) is 2.82. The van der Waals surface area contributed by atoms with E-state index in [1.807, 2.05) is 0 Å². The molecule has 1 atom stereocenters. The number of phenols is 1. The van der Waals surface area contributed by atoms with Crippen molar-refractivity contribution < 1.29 is 19.4 Å². The second kappa shape index (κ2) is 5.51. The van der Waals surface area contributed by atoms with Gasteiger partial charge in [0.15, 0.2) is 0 Å². The van der Waals surface area contributed by atoms with E-state index in [9.17, 15) is 9.90 Å². The van der Waals surface area contributed by atoms with Crippen LogP contribution < -0.4 is 0 Å². The van der Waals surface area contributed by atoms with Crippen LogP contribution in [-0.4, -0.2) is 30.4 Å². The molecule has 0 amide bonds. The summed E-state index contributed by atoms with van der Waals surface area (Å²) in [6.07, 6.45) is 1.91. The van der Waals surface area contributed by atoms with Crippen molar-refractivity contribution in [2.45, 2.75) is 18.9 Å². The van der Waals surface area contributed by atoms with Crippen LogP contribution in [0.4, 0.5) is 0 Å². The van der Waals surface area contributed by atoms with Crippen molar-refractivity contribution in [1.82, 2.24) is 0 Å². The van der Waals surface area contributed by atoms with Crippen molar-refractivity contribution in [3.8, 4) is 5.75 Å². The molecule has 4 nitrogen and oxygen atoms in total. The van der Waals surface area contributed by atoms with Crippen molar-refractivity contribution in [2.24, 2.45) is 0 Å². The third-order valence-corrected chi connectivity index (χ3v) is 3.10. The van der Waals surface area contributed by atoms with Gasteiger partial charge in [-0.25, -0.2) is 4.79 Å². The predicted molar refractivity (Wildman–Crippen MR) is 65.1 cm³/mol. The molecule has 2 rings (SSSR count). The van der Waals surface area contributed by atoms with E-state index in [1.54, 1.807) is 6.07 Å². The third kappa shape index (κ3) is 3.20. The number of phenolic OH excluding ortho intramolecular Hbond substituents is 1. The lowest BCUT2D eigenvalue weighted by Crippen LogP contribution is -2.17. The Hall–Kier alpha value is -1.07. The SMILES string of the molecule is O=C(OC[C@@H]1CCCO1)c1cc(Br)ccc1O. The van der Waals surface area contributed by atoms with Crippen LogP contribution in [0, 0.1) is 0 Å². The summed E-state index contributed by atoms with van der Waals surface area (Å²) < 4.78 is 11.2. The van der Waals surface area contributed by atoms with Gasteiger partial charge in [-0.2, -0.15) is 0 Å². The van der Waals surface area contributed by atoms with Crippen LogP contribution in [0.15, 0.2) is 22.7 Å². The maximum atomic E-state index is 11.7. The number of benzene rings is 1. The minimum atomic E-state index is -0.528. The smallest absolute Gasteiger partial charge is 0.342 e. The molecule has 1 N–H and O–H groups in total. The molecule has 0 aromatic heterocycles. The van der Waals surface area contributed by atoms with Crippen molar-refractivity contribution in [2.75, 3.05) is 13.2 Å². The van der Waals surface area contributed by atoms with Crippen LogP contribution >= 0.6 is 15.9 Å². The van der Waals surface area contributed by atoms with Crippen molar-refractivity contribution in [3.05, 3.63) is 28.2 Å². The number of carbonyl (C=O) groups is 1. The Morgan fingerprint density at radius 2 is 2.41 bits per heavy atom. The molecule has 0 aliphatic carbocycles. The van der Waals surface area contributed by atoms with Crippen LogP contribution in [0.3, 0.4) is 0 Å². The standard InChI is InChI=1S/C12H13BrO4/c13-8-3-4-11(14)10(6-8)12(15)17-7-9-2-1-5-16-9/h3-4,6,9,14H,1-2,5,7H2/t9-/m0/s1. The molecule has 1 saturated heterocycles. The second-order valence-electron chi connectivity index (χ2n) is 3.89. The Bertz CT molecular complexity index is 413. The number of halogens is 1. The molecule has 0 unspecified atom stereocenters. The molecule has 92 valence electrons. The zero-order chi connectivity index (χ0) is 12.3. The predicted octanol–water partition coefficient (Wildman–Crippen LogP) is 2.49. The van der Waals surface area contributed by atoms with E-state index in [-0.39, 0.29) is 24.0 Å². The summed E-state index contributed by atoms with van der Waals surface area (Å²) >= 11 is 3.24. The summed E-state index contributed by atoms with van der Waals surface area (Å²) in [6.45, 7) is 0.967. The summed E-state index contributed by atoms with van der Waals surface area (Å²) in [6, 6.07) is 4.64. The Kier molecular flexibility index (Phi) is 4.02. The van der Waals surface area contributed by atoms with Gasteiger partial charge in [0.05, 0.1) is 6.10 Å². The summed E-state index contributed by atoms with van der Waals surface area (Å²) in [7, 11) is 0. The highest BCUT2D eigenvalue weighted by Gasteiger charge is 2.19. The molecule has 0 spiro atoms. The van der Waals surface area contributed by atoms with Crippen molar-refractivity contribution in [1.29, 1.82) is 0 Å². The van der Waals surface area contributed by atoms with Gasteiger partial charge in [0.2, 0.25) is 0 Å². The molecule has 1 aliphatic rings. The van der Waals surface area contributed by atoms with Gasteiger partial charge in [0.1, 0.15) is 17.9 Å². The molecule has 1 heterocycles. The van der Waals surface area contributed by atoms with Gasteiger partial charge < -0.3 is 14.6 Å². The number of esters is 1. The normalized spacial score (nSPS) is 19.2. The molecule has 1 aliphatic heterocycles. The Balaban J connectivity index is 1.96. The van der Waals surface area contributed by atoms with Crippen molar-refractivity contribution in [3.63, 3.8) is 0 Å². The largest absolute Gasteiger partial charge is 0.507 e. The molecular weight excluding hydrogens is 288 g/mol. The summed E-state index contributed by atoms with van der Waals surface area (Å²) in [4.78, 5) is 11.7. The molecule has 1 aromatic carbocycles. The molecule has 0 saturated carbocycles. The molecule has 17 heavy (non-hydrogen) atoms. The van der Waals surface area contributed by atoms with Crippen LogP contribution in [0.25, 0.3) is 0 Å². The van der Waals surface area contributed by atoms with Gasteiger partial charge in [-0.05, 0) is 31.0 Å². The van der Waals surface area contributed by atoms with Gasteiger partial charge in [0, 0.05) is 11.1 Å². The maximum Gasteiger partial charge on any atom is 0.342 e. The average molecular weight is 301 g/mol. The first kappa shape index (κ1) is 12.4. The second-order valence-corrected chi connectivity index (χ2v) is 4.81. The van der Waals surface area contributed by atoms with Gasteiger partial charge in [-0.3, -0.25) is 0 Å². The van der Waals surface area contributed by atoms with Crippen LogP contribution in [0.1, 0.15) is 23.2 Å². The lowest BCUT2D eigenvalue weighted by atomic mass is 10.2. The van der Waals surface area contributed by atoms with E-state index in [0.29, 0.717) is 0 Å². The highest BCUT2D eigenvalue weighted by Crippen LogP contribution is 2.23. The van der Waals surface area contributed by atoms with E-state index >= 15 is 0 Å². The van der Waals surface area contributed by atoms with Crippen LogP contribution in [0.5, 0.6) is 5.75 Å².